The van der Waals surface area contributed by atoms with Gasteiger partial charge in [-0.1, -0.05) is 5.16 Å². The Balaban J connectivity index is 0.00000196. The zero-order valence-corrected chi connectivity index (χ0v) is 15.2. The maximum absolute atomic E-state index is 5.62. The van der Waals surface area contributed by atoms with E-state index in [1.807, 2.05) is 32.2 Å². The molecule has 1 aliphatic heterocycles. The molecular formula is C17H19ClN4O4. The lowest BCUT2D eigenvalue weighted by molar-refractivity contribution is 0.171. The zero-order valence-electron chi connectivity index (χ0n) is 14.4. The number of hydrogen-bond donors (Lipinski definition) is 1. The molecule has 3 aromatic rings. The third-order valence-corrected chi connectivity index (χ3v) is 4.02. The van der Waals surface area contributed by atoms with E-state index in [1.54, 1.807) is 0 Å². The van der Waals surface area contributed by atoms with Crippen LogP contribution in [0.5, 0.6) is 11.5 Å². The van der Waals surface area contributed by atoms with Gasteiger partial charge in [0.1, 0.15) is 13.2 Å². The second kappa shape index (κ2) is 7.76. The Hall–Kier alpha value is -2.58. The van der Waals surface area contributed by atoms with Crippen LogP contribution in [0.25, 0.3) is 22.9 Å². The summed E-state index contributed by atoms with van der Waals surface area (Å²) < 4.78 is 22.1. The Morgan fingerprint density at radius 1 is 1.19 bits per heavy atom. The smallest absolute Gasteiger partial charge is 0.280 e. The van der Waals surface area contributed by atoms with Gasteiger partial charge in [-0.2, -0.15) is 4.98 Å². The lowest BCUT2D eigenvalue weighted by atomic mass is 10.1. The van der Waals surface area contributed by atoms with Gasteiger partial charge in [0.05, 0.1) is 0 Å². The molecule has 2 aromatic heterocycles. The number of nitrogens with zero attached hydrogens (tertiary/aromatic N) is 3. The molecule has 1 N–H and O–H groups in total. The first-order chi connectivity index (χ1) is 12.2. The predicted octanol–water partition coefficient (Wildman–Crippen LogP) is 2.74. The van der Waals surface area contributed by atoms with Crippen LogP contribution in [-0.2, 0) is 6.42 Å². The molecule has 4 rings (SSSR count). The number of likely N-dealkylation sites (N-methyl/N-ethyl adjacent to an activating group) is 1. The summed E-state index contributed by atoms with van der Waals surface area (Å²) >= 11 is 0. The number of aromatic nitrogens is 3. The van der Waals surface area contributed by atoms with Crippen LogP contribution in [0.4, 0.5) is 0 Å². The van der Waals surface area contributed by atoms with Crippen molar-refractivity contribution in [2.45, 2.75) is 19.4 Å². The molecular weight excluding hydrogens is 360 g/mol. The highest BCUT2D eigenvalue weighted by Crippen LogP contribution is 2.37. The van der Waals surface area contributed by atoms with Crippen molar-refractivity contribution < 1.29 is 18.4 Å². The van der Waals surface area contributed by atoms with Crippen molar-refractivity contribution >= 4 is 12.4 Å². The largest absolute Gasteiger partial charge is 0.486 e. The molecule has 0 fully saturated rings. The Labute approximate surface area is 156 Å². The third-order valence-electron chi connectivity index (χ3n) is 4.02. The second-order valence-corrected chi connectivity index (χ2v) is 5.80. The minimum atomic E-state index is 0. The maximum atomic E-state index is 5.62. The molecule has 26 heavy (non-hydrogen) atoms. The molecule has 0 spiro atoms. The average Bonchev–Trinajstić information content (AvgIpc) is 3.30. The van der Waals surface area contributed by atoms with E-state index in [-0.39, 0.29) is 18.4 Å². The van der Waals surface area contributed by atoms with Gasteiger partial charge in [0.25, 0.3) is 5.89 Å². The summed E-state index contributed by atoms with van der Waals surface area (Å²) in [5.74, 6) is 2.90. The van der Waals surface area contributed by atoms with Crippen LogP contribution in [0.3, 0.4) is 0 Å². The van der Waals surface area contributed by atoms with E-state index in [0.717, 1.165) is 11.3 Å². The summed E-state index contributed by atoms with van der Waals surface area (Å²) in [5.41, 5.74) is 1.31. The molecule has 3 heterocycles. The SMILES string of the molecule is CNC(C)Cc1noc(-c2ncoc2-c2ccc3c(c2)OCCO3)n1.Cl. The van der Waals surface area contributed by atoms with Gasteiger partial charge in [-0.25, -0.2) is 4.98 Å². The minimum absolute atomic E-state index is 0. The molecule has 0 radical (unpaired) electrons. The van der Waals surface area contributed by atoms with Crippen LogP contribution in [0.1, 0.15) is 12.7 Å². The van der Waals surface area contributed by atoms with Gasteiger partial charge in [-0.3, -0.25) is 0 Å². The fraction of sp³-hybridized carbons (Fsp3) is 0.353. The summed E-state index contributed by atoms with van der Waals surface area (Å²) in [6, 6.07) is 5.85. The summed E-state index contributed by atoms with van der Waals surface area (Å²) in [6.07, 6.45) is 2.03. The van der Waals surface area contributed by atoms with E-state index >= 15 is 0 Å². The first-order valence-electron chi connectivity index (χ1n) is 8.08. The molecule has 138 valence electrons. The molecule has 1 atom stereocenters. The predicted molar refractivity (Wildman–Crippen MR) is 95.7 cm³/mol. The van der Waals surface area contributed by atoms with E-state index in [4.69, 9.17) is 18.4 Å². The van der Waals surface area contributed by atoms with Crippen molar-refractivity contribution in [3.8, 4) is 34.4 Å². The van der Waals surface area contributed by atoms with Crippen molar-refractivity contribution in [2.75, 3.05) is 20.3 Å². The Bertz CT molecular complexity index is 879. The van der Waals surface area contributed by atoms with Gasteiger partial charge in [0, 0.05) is 18.0 Å². The molecule has 0 saturated carbocycles. The second-order valence-electron chi connectivity index (χ2n) is 5.80. The summed E-state index contributed by atoms with van der Waals surface area (Å²) in [5, 5.41) is 7.15. The number of nitrogens with one attached hydrogen (secondary N) is 1. The Morgan fingerprint density at radius 3 is 2.81 bits per heavy atom. The maximum Gasteiger partial charge on any atom is 0.280 e. The zero-order chi connectivity index (χ0) is 17.2. The number of fused-ring (bicyclic) bond motifs is 1. The van der Waals surface area contributed by atoms with Crippen LogP contribution < -0.4 is 14.8 Å². The van der Waals surface area contributed by atoms with E-state index in [9.17, 15) is 0 Å². The van der Waals surface area contributed by atoms with Crippen molar-refractivity contribution in [2.24, 2.45) is 0 Å². The fourth-order valence-electron chi connectivity index (χ4n) is 2.60. The lowest BCUT2D eigenvalue weighted by Crippen LogP contribution is -2.24. The van der Waals surface area contributed by atoms with Gasteiger partial charge in [0.2, 0.25) is 0 Å². The fourth-order valence-corrected chi connectivity index (χ4v) is 2.60. The normalized spacial score (nSPS) is 13.9. The molecule has 1 aromatic carbocycles. The molecule has 0 saturated heterocycles. The average molecular weight is 379 g/mol. The third kappa shape index (κ3) is 3.51. The molecule has 1 unspecified atom stereocenters. The topological polar surface area (TPSA) is 95.4 Å². The molecule has 0 aliphatic carbocycles. The monoisotopic (exact) mass is 378 g/mol. The molecule has 0 amide bonds. The first kappa shape index (κ1) is 18.2. The van der Waals surface area contributed by atoms with Crippen molar-refractivity contribution in [3.05, 3.63) is 30.4 Å². The standard InChI is InChI=1S/C17H18N4O4.ClH/c1-10(18-2)7-14-20-17(25-21-14)15-16(24-9-19-15)11-3-4-12-13(8-11)23-6-5-22-12;/h3-4,8-10,18H,5-7H2,1-2H3;1H. The quantitative estimate of drug-likeness (QED) is 0.724. The number of hydrogen-bond acceptors (Lipinski definition) is 8. The minimum Gasteiger partial charge on any atom is -0.486 e. The van der Waals surface area contributed by atoms with Crippen molar-refractivity contribution in [1.82, 2.24) is 20.4 Å². The molecule has 8 nitrogen and oxygen atoms in total. The summed E-state index contributed by atoms with van der Waals surface area (Å²) in [6.45, 7) is 3.12. The summed E-state index contributed by atoms with van der Waals surface area (Å²) in [4.78, 5) is 8.65. The highest BCUT2D eigenvalue weighted by molar-refractivity contribution is 5.85. The molecule has 9 heteroatoms. The Kier molecular flexibility index (Phi) is 5.43. The van der Waals surface area contributed by atoms with Crippen LogP contribution in [-0.4, -0.2) is 41.4 Å². The van der Waals surface area contributed by atoms with Crippen molar-refractivity contribution in [1.29, 1.82) is 0 Å². The number of benzene rings is 1. The van der Waals surface area contributed by atoms with Gasteiger partial charge >= 0.3 is 0 Å². The van der Waals surface area contributed by atoms with Crippen molar-refractivity contribution in [3.63, 3.8) is 0 Å². The number of ether oxygens (including phenoxy) is 2. The molecule has 1 aliphatic rings. The van der Waals surface area contributed by atoms with Gasteiger partial charge in [0.15, 0.2) is 35.2 Å². The molecule has 0 bridgehead atoms. The van der Waals surface area contributed by atoms with Gasteiger partial charge in [-0.05, 0) is 32.2 Å². The number of rotatable bonds is 5. The van der Waals surface area contributed by atoms with E-state index in [2.05, 4.69) is 20.4 Å². The van der Waals surface area contributed by atoms with Gasteiger partial charge in [-0.15, -0.1) is 12.4 Å². The number of oxazole rings is 1. The van der Waals surface area contributed by atoms with Crippen LogP contribution >= 0.6 is 12.4 Å². The van der Waals surface area contributed by atoms with Gasteiger partial charge < -0.3 is 23.7 Å². The van der Waals surface area contributed by atoms with E-state index in [1.165, 1.54) is 6.39 Å². The summed E-state index contributed by atoms with van der Waals surface area (Å²) in [7, 11) is 1.89. The lowest BCUT2D eigenvalue weighted by Gasteiger charge is -2.18. The number of halogens is 1. The highest BCUT2D eigenvalue weighted by atomic mass is 35.5. The first-order valence-corrected chi connectivity index (χ1v) is 8.08. The van der Waals surface area contributed by atoms with E-state index in [0.29, 0.717) is 48.6 Å². The highest BCUT2D eigenvalue weighted by Gasteiger charge is 2.21. The van der Waals surface area contributed by atoms with Crippen LogP contribution in [0, 0.1) is 0 Å². The van der Waals surface area contributed by atoms with Crippen LogP contribution in [0.15, 0.2) is 33.5 Å². The van der Waals surface area contributed by atoms with Crippen LogP contribution in [0.2, 0.25) is 0 Å². The van der Waals surface area contributed by atoms with E-state index < -0.39 is 0 Å². The Morgan fingerprint density at radius 2 is 2.00 bits per heavy atom.